The molecule has 1 atom stereocenters. The number of rotatable bonds is 7. The molecule has 30 heavy (non-hydrogen) atoms. The molecule has 0 saturated heterocycles. The molecular weight excluding hydrogens is 380 g/mol. The van der Waals surface area contributed by atoms with Gasteiger partial charge in [0, 0.05) is 37.1 Å². The second kappa shape index (κ2) is 9.60. The lowest BCUT2D eigenvalue weighted by Crippen LogP contribution is -2.26. The van der Waals surface area contributed by atoms with E-state index in [0.717, 1.165) is 5.69 Å². The Bertz CT molecular complexity index is 1020. The minimum atomic E-state index is -1.10. The van der Waals surface area contributed by atoms with E-state index in [1.165, 1.54) is 0 Å². The number of carbonyl (C=O) groups is 2. The van der Waals surface area contributed by atoms with E-state index in [4.69, 9.17) is 9.47 Å². The first-order chi connectivity index (χ1) is 14.5. The van der Waals surface area contributed by atoms with Gasteiger partial charge in [-0.15, -0.1) is 0 Å². The summed E-state index contributed by atoms with van der Waals surface area (Å²) in [5, 5.41) is 2.80. The van der Waals surface area contributed by atoms with Crippen LogP contribution in [0.5, 0.6) is 5.75 Å². The molecule has 3 aromatic rings. The summed E-state index contributed by atoms with van der Waals surface area (Å²) in [5.41, 5.74) is 2.36. The molecule has 3 rings (SSSR count). The molecule has 3 aromatic carbocycles. The van der Waals surface area contributed by atoms with Gasteiger partial charge in [-0.2, -0.15) is 0 Å². The van der Waals surface area contributed by atoms with Crippen LogP contribution >= 0.6 is 0 Å². The lowest BCUT2D eigenvalue weighted by Gasteiger charge is -2.19. The fourth-order valence-electron chi connectivity index (χ4n) is 2.90. The van der Waals surface area contributed by atoms with Crippen LogP contribution in [0.2, 0.25) is 0 Å². The number of nitrogens with one attached hydrogen (secondary N) is 1. The van der Waals surface area contributed by atoms with E-state index in [-0.39, 0.29) is 0 Å². The Hall–Kier alpha value is -3.80. The second-order valence-electron chi connectivity index (χ2n) is 6.86. The number of hydrogen-bond donors (Lipinski definition) is 1. The third kappa shape index (κ3) is 5.17. The summed E-state index contributed by atoms with van der Waals surface area (Å²) in [6.45, 7) is 0. The summed E-state index contributed by atoms with van der Waals surface area (Å²) in [5.74, 6) is -0.415. The summed E-state index contributed by atoms with van der Waals surface area (Å²) < 4.78 is 10.8. The summed E-state index contributed by atoms with van der Waals surface area (Å²) in [7, 11) is 5.33. The Balaban J connectivity index is 1.85. The van der Waals surface area contributed by atoms with E-state index in [9.17, 15) is 9.59 Å². The van der Waals surface area contributed by atoms with Gasteiger partial charge in [-0.05, 0) is 30.3 Å². The zero-order chi connectivity index (χ0) is 21.5. The molecule has 0 aliphatic rings. The van der Waals surface area contributed by atoms with Gasteiger partial charge in [-0.1, -0.05) is 42.5 Å². The van der Waals surface area contributed by atoms with Crippen molar-refractivity contribution in [2.24, 2.45) is 0 Å². The van der Waals surface area contributed by atoms with Crippen molar-refractivity contribution in [2.75, 3.05) is 31.4 Å². The number of anilines is 2. The van der Waals surface area contributed by atoms with Crippen LogP contribution in [0.3, 0.4) is 0 Å². The maximum Gasteiger partial charge on any atom is 0.339 e. The molecule has 0 aliphatic heterocycles. The van der Waals surface area contributed by atoms with Crippen molar-refractivity contribution < 1.29 is 19.1 Å². The molecule has 0 aromatic heterocycles. The molecule has 0 spiro atoms. The summed E-state index contributed by atoms with van der Waals surface area (Å²) in [6.07, 6.45) is -1.10. The maximum absolute atomic E-state index is 13.0. The number of ether oxygens (including phenoxy) is 2. The zero-order valence-electron chi connectivity index (χ0n) is 17.2. The summed E-state index contributed by atoms with van der Waals surface area (Å²) >= 11 is 0. The first kappa shape index (κ1) is 20.9. The minimum Gasteiger partial charge on any atom is -0.497 e. The summed E-state index contributed by atoms with van der Waals surface area (Å²) in [4.78, 5) is 27.7. The predicted octanol–water partition coefficient (Wildman–Crippen LogP) is 4.30. The van der Waals surface area contributed by atoms with Crippen LogP contribution in [-0.4, -0.2) is 33.1 Å². The molecule has 0 heterocycles. The molecule has 0 unspecified atom stereocenters. The molecule has 1 N–H and O–H groups in total. The smallest absolute Gasteiger partial charge is 0.339 e. The lowest BCUT2D eigenvalue weighted by atomic mass is 10.1. The van der Waals surface area contributed by atoms with Gasteiger partial charge in [-0.25, -0.2) is 4.79 Å². The Morgan fingerprint density at radius 2 is 1.63 bits per heavy atom. The normalized spacial score (nSPS) is 11.3. The highest BCUT2D eigenvalue weighted by atomic mass is 16.5. The topological polar surface area (TPSA) is 67.9 Å². The standard InChI is InChI=1S/C24H24N2O4/c1-26(2)20-13-7-11-18(15-20)24(28)30-22(17-9-5-4-6-10-17)23(27)25-19-12-8-14-21(16-19)29-3/h4-16,22H,1-3H3,(H,25,27)/t22-/m1/s1. The van der Waals surface area contributed by atoms with Crippen LogP contribution in [0.4, 0.5) is 11.4 Å². The second-order valence-corrected chi connectivity index (χ2v) is 6.86. The fraction of sp³-hybridized carbons (Fsp3) is 0.167. The van der Waals surface area contributed by atoms with Gasteiger partial charge < -0.3 is 19.7 Å². The number of methoxy groups -OCH3 is 1. The highest BCUT2D eigenvalue weighted by Gasteiger charge is 2.26. The maximum atomic E-state index is 13.0. The third-order valence-corrected chi connectivity index (χ3v) is 4.50. The van der Waals surface area contributed by atoms with Crippen LogP contribution in [0.1, 0.15) is 22.0 Å². The average Bonchev–Trinajstić information content (AvgIpc) is 2.78. The Morgan fingerprint density at radius 1 is 0.900 bits per heavy atom. The van der Waals surface area contributed by atoms with Gasteiger partial charge in [-0.3, -0.25) is 4.79 Å². The molecule has 0 fully saturated rings. The van der Waals surface area contributed by atoms with E-state index in [0.29, 0.717) is 22.6 Å². The predicted molar refractivity (Wildman–Crippen MR) is 117 cm³/mol. The quantitative estimate of drug-likeness (QED) is 0.595. The van der Waals surface area contributed by atoms with Gasteiger partial charge in [0.2, 0.25) is 6.10 Å². The third-order valence-electron chi connectivity index (χ3n) is 4.50. The number of nitrogens with zero attached hydrogens (tertiary/aromatic N) is 1. The van der Waals surface area contributed by atoms with Crippen molar-refractivity contribution in [1.82, 2.24) is 0 Å². The highest BCUT2D eigenvalue weighted by Crippen LogP contribution is 2.24. The number of benzene rings is 3. The van der Waals surface area contributed by atoms with E-state index in [1.807, 2.05) is 31.1 Å². The SMILES string of the molecule is COc1cccc(NC(=O)[C@H](OC(=O)c2cccc(N(C)C)c2)c2ccccc2)c1. The van der Waals surface area contributed by atoms with Gasteiger partial charge in [0.05, 0.1) is 12.7 Å². The monoisotopic (exact) mass is 404 g/mol. The van der Waals surface area contributed by atoms with Gasteiger partial charge in [0.15, 0.2) is 0 Å². The molecular formula is C24H24N2O4. The summed E-state index contributed by atoms with van der Waals surface area (Å²) in [6, 6.07) is 23.0. The molecule has 6 heteroatoms. The average molecular weight is 404 g/mol. The molecule has 0 radical (unpaired) electrons. The first-order valence-electron chi connectivity index (χ1n) is 9.46. The fourth-order valence-corrected chi connectivity index (χ4v) is 2.90. The van der Waals surface area contributed by atoms with Gasteiger partial charge in [0.1, 0.15) is 5.75 Å². The van der Waals surface area contributed by atoms with Gasteiger partial charge >= 0.3 is 5.97 Å². The van der Waals surface area contributed by atoms with Crippen LogP contribution in [-0.2, 0) is 9.53 Å². The molecule has 154 valence electrons. The first-order valence-corrected chi connectivity index (χ1v) is 9.46. The molecule has 0 saturated carbocycles. The highest BCUT2D eigenvalue weighted by molar-refractivity contribution is 5.98. The van der Waals surface area contributed by atoms with E-state index >= 15 is 0 Å². The molecule has 1 amide bonds. The van der Waals surface area contributed by atoms with Crippen molar-refractivity contribution in [3.05, 3.63) is 90.0 Å². The lowest BCUT2D eigenvalue weighted by molar-refractivity contribution is -0.125. The van der Waals surface area contributed by atoms with Crippen LogP contribution in [0.25, 0.3) is 0 Å². The van der Waals surface area contributed by atoms with Crippen molar-refractivity contribution >= 4 is 23.3 Å². The number of esters is 1. The number of hydrogen-bond acceptors (Lipinski definition) is 5. The van der Waals surface area contributed by atoms with E-state index in [2.05, 4.69) is 5.32 Å². The number of carbonyl (C=O) groups excluding carboxylic acids is 2. The van der Waals surface area contributed by atoms with Crippen molar-refractivity contribution in [2.45, 2.75) is 6.10 Å². The van der Waals surface area contributed by atoms with Crippen molar-refractivity contribution in [1.29, 1.82) is 0 Å². The zero-order valence-corrected chi connectivity index (χ0v) is 17.2. The minimum absolute atomic E-state index is 0.372. The van der Waals surface area contributed by atoms with E-state index < -0.39 is 18.0 Å². The van der Waals surface area contributed by atoms with Crippen LogP contribution in [0.15, 0.2) is 78.9 Å². The molecule has 0 aliphatic carbocycles. The van der Waals surface area contributed by atoms with E-state index in [1.54, 1.807) is 73.8 Å². The number of amides is 1. The molecule has 0 bridgehead atoms. The van der Waals surface area contributed by atoms with Crippen molar-refractivity contribution in [3.63, 3.8) is 0 Å². The Morgan fingerprint density at radius 3 is 2.33 bits per heavy atom. The van der Waals surface area contributed by atoms with Crippen molar-refractivity contribution in [3.8, 4) is 5.75 Å². The Labute approximate surface area is 176 Å². The molecule has 6 nitrogen and oxygen atoms in total. The van der Waals surface area contributed by atoms with Crippen LogP contribution < -0.4 is 15.0 Å². The van der Waals surface area contributed by atoms with Crippen LogP contribution in [0, 0.1) is 0 Å². The Kier molecular flexibility index (Phi) is 6.70. The van der Waals surface area contributed by atoms with Gasteiger partial charge in [0.25, 0.3) is 5.91 Å². The largest absolute Gasteiger partial charge is 0.497 e.